The van der Waals surface area contributed by atoms with E-state index in [1.54, 1.807) is 12.3 Å². The van der Waals surface area contributed by atoms with E-state index < -0.39 is 0 Å². The van der Waals surface area contributed by atoms with Crippen LogP contribution in [0.3, 0.4) is 0 Å². The van der Waals surface area contributed by atoms with Crippen molar-refractivity contribution < 1.29 is 14.3 Å². The van der Waals surface area contributed by atoms with E-state index in [0.717, 1.165) is 51.4 Å². The van der Waals surface area contributed by atoms with Crippen molar-refractivity contribution >= 4 is 11.6 Å². The van der Waals surface area contributed by atoms with Gasteiger partial charge in [0.15, 0.2) is 17.3 Å². The number of para-hydroxylation sites is 1. The van der Waals surface area contributed by atoms with Crippen LogP contribution in [0.15, 0.2) is 42.6 Å². The summed E-state index contributed by atoms with van der Waals surface area (Å²) < 4.78 is 6.11. The van der Waals surface area contributed by atoms with E-state index in [-0.39, 0.29) is 23.4 Å². The average molecular weight is 392 g/mol. The van der Waals surface area contributed by atoms with Crippen LogP contribution < -0.4 is 4.74 Å². The van der Waals surface area contributed by atoms with Gasteiger partial charge in [-0.15, -0.1) is 0 Å². The number of carbonyl (C=O) groups is 2. The number of Topliss-reactive ketones (excluding diaryl/α,β-unsaturated/α-hetero) is 2. The molecule has 0 aliphatic heterocycles. The lowest BCUT2D eigenvalue weighted by Crippen LogP contribution is -2.21. The molecule has 0 unspecified atom stereocenters. The number of ketones is 2. The van der Waals surface area contributed by atoms with Gasteiger partial charge in [0.25, 0.3) is 0 Å². The number of hydrogen-bond acceptors (Lipinski definition) is 4. The van der Waals surface area contributed by atoms with Gasteiger partial charge in [-0.3, -0.25) is 9.59 Å². The molecule has 1 aromatic carbocycles. The van der Waals surface area contributed by atoms with Gasteiger partial charge in [-0.05, 0) is 43.9 Å². The first kappa shape index (κ1) is 19.8. The van der Waals surface area contributed by atoms with Crippen molar-refractivity contribution in [3.8, 4) is 11.6 Å². The Bertz CT molecular complexity index is 801. The summed E-state index contributed by atoms with van der Waals surface area (Å²) in [7, 11) is 0. The van der Waals surface area contributed by atoms with E-state index in [9.17, 15) is 9.59 Å². The molecule has 152 valence electrons. The van der Waals surface area contributed by atoms with Crippen LogP contribution >= 0.6 is 0 Å². The highest BCUT2D eigenvalue weighted by Gasteiger charge is 2.30. The maximum atomic E-state index is 13.4. The second-order valence-electron chi connectivity index (χ2n) is 8.35. The van der Waals surface area contributed by atoms with Crippen LogP contribution in [-0.4, -0.2) is 16.6 Å². The molecule has 0 bridgehead atoms. The van der Waals surface area contributed by atoms with Crippen LogP contribution in [0.1, 0.15) is 84.9 Å². The van der Waals surface area contributed by atoms with Crippen LogP contribution in [0.25, 0.3) is 0 Å². The van der Waals surface area contributed by atoms with E-state index in [4.69, 9.17) is 4.74 Å². The third kappa shape index (κ3) is 4.58. The summed E-state index contributed by atoms with van der Waals surface area (Å²) >= 11 is 0. The summed E-state index contributed by atoms with van der Waals surface area (Å²) in [5.74, 6) is 1.07. The van der Waals surface area contributed by atoms with Crippen molar-refractivity contribution in [2.24, 2.45) is 11.8 Å². The van der Waals surface area contributed by atoms with Gasteiger partial charge in [-0.25, -0.2) is 4.98 Å². The maximum Gasteiger partial charge on any atom is 0.219 e. The number of benzene rings is 1. The van der Waals surface area contributed by atoms with Crippen LogP contribution in [0, 0.1) is 11.8 Å². The third-order valence-electron chi connectivity index (χ3n) is 6.34. The largest absolute Gasteiger partial charge is 0.438 e. The van der Waals surface area contributed by atoms with Crippen molar-refractivity contribution in [1.29, 1.82) is 0 Å². The Hall–Kier alpha value is -2.49. The first-order valence-electron chi connectivity index (χ1n) is 11.0. The van der Waals surface area contributed by atoms with E-state index in [0.29, 0.717) is 22.8 Å². The van der Waals surface area contributed by atoms with Crippen molar-refractivity contribution in [2.45, 2.75) is 64.2 Å². The Labute approximate surface area is 172 Å². The van der Waals surface area contributed by atoms with E-state index in [1.165, 1.54) is 12.8 Å². The standard InChI is InChI=1S/C25H29NO3/c27-23(18-10-3-1-4-11-18)20-14-9-15-21(24(28)19-12-5-2-6-13-19)25(20)29-22-16-7-8-17-26-22/h7-9,14-19H,1-6,10-13H2. The lowest BCUT2D eigenvalue weighted by molar-refractivity contribution is 0.0884. The fraction of sp³-hybridized carbons (Fsp3) is 0.480. The number of aromatic nitrogens is 1. The molecule has 4 heteroatoms. The van der Waals surface area contributed by atoms with Gasteiger partial charge in [0, 0.05) is 24.1 Å². The van der Waals surface area contributed by atoms with Crippen molar-refractivity contribution in [3.63, 3.8) is 0 Å². The smallest absolute Gasteiger partial charge is 0.219 e. The SMILES string of the molecule is O=C(c1cccc(C(=O)C2CCCCC2)c1Oc1ccccn1)C1CCCCC1. The Morgan fingerprint density at radius 3 is 1.76 bits per heavy atom. The zero-order valence-electron chi connectivity index (χ0n) is 16.9. The fourth-order valence-corrected chi connectivity index (χ4v) is 4.72. The summed E-state index contributed by atoms with van der Waals surface area (Å²) in [5.41, 5.74) is 1.06. The first-order chi connectivity index (χ1) is 14.2. The minimum absolute atomic E-state index is 0.0230. The van der Waals surface area contributed by atoms with Crippen molar-refractivity contribution in [3.05, 3.63) is 53.7 Å². The molecule has 2 saturated carbocycles. The number of carbonyl (C=O) groups excluding carboxylic acids is 2. The number of pyridine rings is 1. The van der Waals surface area contributed by atoms with Gasteiger partial charge in [0.2, 0.25) is 5.88 Å². The second kappa shape index (κ2) is 9.34. The highest BCUT2D eigenvalue weighted by atomic mass is 16.5. The predicted molar refractivity (Wildman–Crippen MR) is 113 cm³/mol. The Morgan fingerprint density at radius 2 is 1.28 bits per heavy atom. The van der Waals surface area contributed by atoms with Crippen molar-refractivity contribution in [2.75, 3.05) is 0 Å². The molecule has 2 aliphatic carbocycles. The molecule has 2 fully saturated rings. The second-order valence-corrected chi connectivity index (χ2v) is 8.35. The topological polar surface area (TPSA) is 56.3 Å². The number of nitrogens with zero attached hydrogens (tertiary/aromatic N) is 1. The molecule has 1 aromatic heterocycles. The molecule has 0 spiro atoms. The predicted octanol–water partition coefficient (Wildman–Crippen LogP) is 6.40. The van der Waals surface area contributed by atoms with Gasteiger partial charge >= 0.3 is 0 Å². The molecule has 0 amide bonds. The van der Waals surface area contributed by atoms with Gasteiger partial charge in [0.05, 0.1) is 11.1 Å². The summed E-state index contributed by atoms with van der Waals surface area (Å²) in [4.78, 5) is 31.0. The molecule has 0 saturated heterocycles. The molecule has 29 heavy (non-hydrogen) atoms. The summed E-state index contributed by atoms with van der Waals surface area (Å²) in [6, 6.07) is 10.9. The zero-order valence-corrected chi connectivity index (χ0v) is 16.9. The van der Waals surface area contributed by atoms with Crippen molar-refractivity contribution in [1.82, 2.24) is 4.98 Å². The number of rotatable bonds is 6. The lowest BCUT2D eigenvalue weighted by Gasteiger charge is -2.24. The summed E-state index contributed by atoms with van der Waals surface area (Å²) in [5, 5.41) is 0. The van der Waals surface area contributed by atoms with Gasteiger partial charge in [0.1, 0.15) is 0 Å². The molecular weight excluding hydrogens is 362 g/mol. The zero-order chi connectivity index (χ0) is 20.1. The van der Waals surface area contributed by atoms with Crippen LogP contribution in [-0.2, 0) is 0 Å². The minimum atomic E-state index is 0.0230. The highest BCUT2D eigenvalue weighted by molar-refractivity contribution is 6.07. The molecule has 2 aromatic rings. The van der Waals surface area contributed by atoms with Gasteiger partial charge in [-0.2, -0.15) is 0 Å². The Kier molecular flexibility index (Phi) is 6.38. The lowest BCUT2D eigenvalue weighted by atomic mass is 9.81. The Balaban J connectivity index is 1.71. The maximum absolute atomic E-state index is 13.4. The number of ether oxygens (including phenoxy) is 1. The molecule has 4 nitrogen and oxygen atoms in total. The normalized spacial score (nSPS) is 18.3. The quantitative estimate of drug-likeness (QED) is 0.535. The van der Waals surface area contributed by atoms with Crippen LogP contribution in [0.5, 0.6) is 11.6 Å². The monoisotopic (exact) mass is 391 g/mol. The summed E-state index contributed by atoms with van der Waals surface area (Å²) in [6.07, 6.45) is 12.1. The van der Waals surface area contributed by atoms with Crippen LogP contribution in [0.2, 0.25) is 0 Å². The molecule has 4 rings (SSSR count). The third-order valence-corrected chi connectivity index (χ3v) is 6.34. The average Bonchev–Trinajstić information content (AvgIpc) is 2.80. The molecule has 1 heterocycles. The molecule has 0 atom stereocenters. The Morgan fingerprint density at radius 1 is 0.724 bits per heavy atom. The number of hydrogen-bond donors (Lipinski definition) is 0. The first-order valence-corrected chi connectivity index (χ1v) is 11.0. The van der Waals surface area contributed by atoms with E-state index in [1.807, 2.05) is 30.3 Å². The van der Waals surface area contributed by atoms with E-state index in [2.05, 4.69) is 4.98 Å². The van der Waals surface area contributed by atoms with Crippen LogP contribution in [0.4, 0.5) is 0 Å². The fourth-order valence-electron chi connectivity index (χ4n) is 4.72. The molecular formula is C25H29NO3. The highest BCUT2D eigenvalue weighted by Crippen LogP contribution is 2.37. The molecule has 0 radical (unpaired) electrons. The minimum Gasteiger partial charge on any atom is -0.438 e. The van der Waals surface area contributed by atoms with Gasteiger partial charge < -0.3 is 4.74 Å². The summed E-state index contributed by atoms with van der Waals surface area (Å²) in [6.45, 7) is 0. The molecule has 2 aliphatic rings. The van der Waals surface area contributed by atoms with Gasteiger partial charge in [-0.1, -0.05) is 50.7 Å². The molecule has 0 N–H and O–H groups in total. The van der Waals surface area contributed by atoms with E-state index >= 15 is 0 Å².